The van der Waals surface area contributed by atoms with Crippen molar-refractivity contribution in [1.29, 1.82) is 0 Å². The molecule has 0 saturated heterocycles. The van der Waals surface area contributed by atoms with Gasteiger partial charge in [0.05, 0.1) is 14.2 Å². The van der Waals surface area contributed by atoms with Gasteiger partial charge in [0.2, 0.25) is 0 Å². The summed E-state index contributed by atoms with van der Waals surface area (Å²) in [5, 5.41) is 17.1. The Hall–Kier alpha value is -3.50. The van der Waals surface area contributed by atoms with Gasteiger partial charge in [0, 0.05) is 12.2 Å². The molecule has 11 nitrogen and oxygen atoms in total. The summed E-state index contributed by atoms with van der Waals surface area (Å²) in [6, 6.07) is 0. The second-order valence-electron chi connectivity index (χ2n) is 3.45. The van der Waals surface area contributed by atoms with E-state index in [1.54, 1.807) is 0 Å². The van der Waals surface area contributed by atoms with E-state index in [0.717, 1.165) is 14.2 Å². The van der Waals surface area contributed by atoms with Gasteiger partial charge in [-0.1, -0.05) is 0 Å². The van der Waals surface area contributed by atoms with Crippen molar-refractivity contribution >= 4 is 35.8 Å². The molecule has 0 aromatic heterocycles. The molecule has 124 valence electrons. The quantitative estimate of drug-likeness (QED) is 0.189. The van der Waals surface area contributed by atoms with E-state index in [-0.39, 0.29) is 12.2 Å². The number of carboxylic acids is 2. The number of carbonyl (C=O) groups excluding carboxylic acids is 4. The monoisotopic (exact) mass is 330 g/mol. The number of ether oxygens (including phenoxy) is 3. The number of carboxylic acid groups (broad SMARTS) is 2. The van der Waals surface area contributed by atoms with Gasteiger partial charge in [-0.05, 0) is 0 Å². The summed E-state index contributed by atoms with van der Waals surface area (Å²) in [5.41, 5.74) is -2.32. The normalized spacial score (nSPS) is 11.2. The van der Waals surface area contributed by atoms with Crippen LogP contribution in [-0.2, 0) is 43.0 Å². The molecule has 0 aromatic carbocycles. The summed E-state index contributed by atoms with van der Waals surface area (Å²) < 4.78 is 12.3. The number of carbonyl (C=O) groups is 6. The van der Waals surface area contributed by atoms with Gasteiger partial charge >= 0.3 is 35.8 Å². The fourth-order valence-corrected chi connectivity index (χ4v) is 1.06. The van der Waals surface area contributed by atoms with Crippen LogP contribution in [-0.4, -0.2) is 60.2 Å². The molecular weight excluding hydrogens is 320 g/mol. The molecule has 0 rings (SSSR count). The summed E-state index contributed by atoms with van der Waals surface area (Å²) in [6.45, 7) is 0. The Morgan fingerprint density at radius 3 is 1.17 bits per heavy atom. The summed E-state index contributed by atoms with van der Waals surface area (Å²) in [4.78, 5) is 66.7. The van der Waals surface area contributed by atoms with E-state index in [1.807, 2.05) is 0 Å². The Kier molecular flexibility index (Phi) is 7.39. The van der Waals surface area contributed by atoms with Crippen molar-refractivity contribution in [3.05, 3.63) is 23.3 Å². The third-order valence-electron chi connectivity index (χ3n) is 1.97. The van der Waals surface area contributed by atoms with E-state index >= 15 is 0 Å². The minimum atomic E-state index is -1.76. The topological polar surface area (TPSA) is 171 Å². The van der Waals surface area contributed by atoms with Gasteiger partial charge in [-0.15, -0.1) is 0 Å². The predicted molar refractivity (Wildman–Crippen MR) is 66.6 cm³/mol. The Labute approximate surface area is 127 Å². The molecule has 0 aliphatic carbocycles. The molecule has 0 saturated carbocycles. The second-order valence-corrected chi connectivity index (χ2v) is 3.45. The largest absolute Gasteiger partial charge is 0.478 e. The van der Waals surface area contributed by atoms with Gasteiger partial charge < -0.3 is 24.4 Å². The van der Waals surface area contributed by atoms with Crippen LogP contribution in [0, 0.1) is 0 Å². The Morgan fingerprint density at radius 1 is 0.652 bits per heavy atom. The lowest BCUT2D eigenvalue weighted by molar-refractivity contribution is -0.157. The van der Waals surface area contributed by atoms with Crippen LogP contribution in [0.2, 0.25) is 0 Å². The van der Waals surface area contributed by atoms with E-state index in [9.17, 15) is 28.8 Å². The predicted octanol–water partition coefficient (Wildman–Crippen LogP) is -1.58. The van der Waals surface area contributed by atoms with Crippen molar-refractivity contribution < 1.29 is 53.2 Å². The zero-order valence-electron chi connectivity index (χ0n) is 11.7. The molecule has 0 radical (unpaired) electrons. The van der Waals surface area contributed by atoms with Crippen LogP contribution in [0.3, 0.4) is 0 Å². The number of aliphatic carboxylic acids is 2. The van der Waals surface area contributed by atoms with Crippen molar-refractivity contribution in [2.24, 2.45) is 0 Å². The van der Waals surface area contributed by atoms with E-state index in [2.05, 4.69) is 14.2 Å². The molecule has 0 heterocycles. The lowest BCUT2D eigenvalue weighted by Gasteiger charge is -2.06. The number of esters is 4. The molecular formula is C12H10O11. The minimum absolute atomic E-state index is 0.111. The van der Waals surface area contributed by atoms with Gasteiger partial charge in [-0.3, -0.25) is 0 Å². The highest BCUT2D eigenvalue weighted by Crippen LogP contribution is 2.07. The maximum absolute atomic E-state index is 11.6. The Balaban J connectivity index is 5.51. The van der Waals surface area contributed by atoms with Crippen LogP contribution in [0.25, 0.3) is 0 Å². The molecule has 0 spiro atoms. The third kappa shape index (κ3) is 6.20. The highest BCUT2D eigenvalue weighted by atomic mass is 16.6. The molecule has 11 heteroatoms. The molecule has 0 unspecified atom stereocenters. The number of methoxy groups -OCH3 is 2. The standard InChI is InChI=1S/C12H10O11/c1-21-9(17)5(3-7(13)14)11(19)23-12(20)6(4-8(15)16)10(18)22-2/h3-4H,1-2H3,(H,13,14)(H,15,16)/b5-3-,6-4-. The van der Waals surface area contributed by atoms with Gasteiger partial charge in [0.1, 0.15) is 0 Å². The van der Waals surface area contributed by atoms with Crippen LogP contribution in [0.5, 0.6) is 0 Å². The average molecular weight is 330 g/mol. The molecule has 0 amide bonds. The fourth-order valence-electron chi connectivity index (χ4n) is 1.06. The van der Waals surface area contributed by atoms with Crippen molar-refractivity contribution in [3.63, 3.8) is 0 Å². The molecule has 0 aliphatic heterocycles. The number of hydrogen-bond donors (Lipinski definition) is 2. The van der Waals surface area contributed by atoms with E-state index in [4.69, 9.17) is 10.2 Å². The molecule has 23 heavy (non-hydrogen) atoms. The first-order valence-corrected chi connectivity index (χ1v) is 5.46. The van der Waals surface area contributed by atoms with Crippen molar-refractivity contribution in [3.8, 4) is 0 Å². The third-order valence-corrected chi connectivity index (χ3v) is 1.97. The summed E-state index contributed by atoms with van der Waals surface area (Å²) in [7, 11) is 1.66. The summed E-state index contributed by atoms with van der Waals surface area (Å²) >= 11 is 0. The average Bonchev–Trinajstić information content (AvgIpc) is 2.47. The maximum Gasteiger partial charge on any atom is 0.353 e. The van der Waals surface area contributed by atoms with Gasteiger partial charge in [0.25, 0.3) is 0 Å². The van der Waals surface area contributed by atoms with Gasteiger partial charge in [-0.25, -0.2) is 28.8 Å². The first-order valence-electron chi connectivity index (χ1n) is 5.46. The molecule has 0 atom stereocenters. The summed E-state index contributed by atoms with van der Waals surface area (Å²) in [6.07, 6.45) is 0.223. The van der Waals surface area contributed by atoms with Crippen LogP contribution < -0.4 is 0 Å². The Bertz CT molecular complexity index is 569. The van der Waals surface area contributed by atoms with Gasteiger partial charge in [-0.2, -0.15) is 0 Å². The zero-order chi connectivity index (χ0) is 18.2. The van der Waals surface area contributed by atoms with Crippen molar-refractivity contribution in [2.45, 2.75) is 0 Å². The number of rotatable bonds is 6. The fraction of sp³-hybridized carbons (Fsp3) is 0.167. The highest BCUT2D eigenvalue weighted by molar-refractivity contribution is 6.23. The van der Waals surface area contributed by atoms with Gasteiger partial charge in [0.15, 0.2) is 11.1 Å². The minimum Gasteiger partial charge on any atom is -0.478 e. The Morgan fingerprint density at radius 2 is 0.957 bits per heavy atom. The lowest BCUT2D eigenvalue weighted by atomic mass is 10.2. The van der Waals surface area contributed by atoms with E-state index in [1.165, 1.54) is 0 Å². The van der Waals surface area contributed by atoms with E-state index < -0.39 is 47.0 Å². The molecule has 2 N–H and O–H groups in total. The first-order chi connectivity index (χ1) is 10.6. The molecule has 0 bridgehead atoms. The first kappa shape index (κ1) is 19.5. The van der Waals surface area contributed by atoms with Crippen LogP contribution in [0.15, 0.2) is 23.3 Å². The van der Waals surface area contributed by atoms with Crippen LogP contribution in [0.4, 0.5) is 0 Å². The van der Waals surface area contributed by atoms with Crippen LogP contribution >= 0.6 is 0 Å². The summed E-state index contributed by atoms with van der Waals surface area (Å²) in [5.74, 6) is -9.80. The second kappa shape index (κ2) is 8.71. The number of hydrogen-bond acceptors (Lipinski definition) is 9. The van der Waals surface area contributed by atoms with Crippen molar-refractivity contribution in [2.75, 3.05) is 14.2 Å². The highest BCUT2D eigenvalue weighted by Gasteiger charge is 2.29. The maximum atomic E-state index is 11.6. The molecule has 0 aliphatic rings. The van der Waals surface area contributed by atoms with Crippen molar-refractivity contribution in [1.82, 2.24) is 0 Å². The zero-order valence-corrected chi connectivity index (χ0v) is 11.7. The SMILES string of the molecule is COC(=O)/C(=C/C(=O)O)C(=O)OC(=O)/C(=C\C(=O)O)C(=O)OC. The van der Waals surface area contributed by atoms with E-state index in [0.29, 0.717) is 0 Å². The molecule has 0 fully saturated rings. The molecule has 0 aromatic rings. The van der Waals surface area contributed by atoms with Crippen LogP contribution in [0.1, 0.15) is 0 Å². The lowest BCUT2D eigenvalue weighted by Crippen LogP contribution is -2.25. The smallest absolute Gasteiger partial charge is 0.353 e.